The summed E-state index contributed by atoms with van der Waals surface area (Å²) in [5.74, 6) is 0.196. The van der Waals surface area contributed by atoms with E-state index in [1.165, 1.54) is 0 Å². The van der Waals surface area contributed by atoms with Crippen molar-refractivity contribution in [2.24, 2.45) is 5.11 Å². The molecule has 0 aliphatic heterocycles. The molecular weight excluding hydrogens is 460 g/mol. The Morgan fingerprint density at radius 1 is 0.972 bits per heavy atom. The van der Waals surface area contributed by atoms with Gasteiger partial charge in [0.25, 0.3) is 0 Å². The van der Waals surface area contributed by atoms with Crippen LogP contribution in [0.4, 0.5) is 4.79 Å². The van der Waals surface area contributed by atoms with E-state index in [9.17, 15) is 9.59 Å². The number of azide groups is 1. The Morgan fingerprint density at radius 3 is 2.33 bits per heavy atom. The van der Waals surface area contributed by atoms with E-state index in [1.54, 1.807) is 20.8 Å². The Hall–Kier alpha value is -3.71. The van der Waals surface area contributed by atoms with Crippen LogP contribution in [0.1, 0.15) is 57.6 Å². The fourth-order valence-electron chi connectivity index (χ4n) is 3.30. The molecule has 0 heterocycles. The third-order valence-corrected chi connectivity index (χ3v) is 5.05. The summed E-state index contributed by atoms with van der Waals surface area (Å²) in [7, 11) is 0. The van der Waals surface area contributed by atoms with Crippen molar-refractivity contribution in [3.63, 3.8) is 0 Å². The van der Waals surface area contributed by atoms with Crippen LogP contribution in [0.5, 0.6) is 5.75 Å². The topological polar surface area (TPSA) is 123 Å². The van der Waals surface area contributed by atoms with Crippen LogP contribution in [0, 0.1) is 0 Å². The molecule has 1 atom stereocenters. The highest BCUT2D eigenvalue weighted by Crippen LogP contribution is 2.16. The molecule has 9 nitrogen and oxygen atoms in total. The third-order valence-electron chi connectivity index (χ3n) is 5.05. The molecule has 0 radical (unpaired) electrons. The number of nitrogens with zero attached hydrogens (tertiary/aromatic N) is 3. The number of carbonyl (C=O) groups excluding carboxylic acids is 2. The van der Waals surface area contributed by atoms with Crippen LogP contribution in [-0.4, -0.2) is 36.9 Å². The Bertz CT molecular complexity index is 983. The first-order chi connectivity index (χ1) is 17.3. The lowest BCUT2D eigenvalue weighted by Crippen LogP contribution is -2.45. The molecule has 194 valence electrons. The van der Waals surface area contributed by atoms with Crippen LogP contribution in [0.15, 0.2) is 59.7 Å². The molecule has 0 aliphatic carbocycles. The van der Waals surface area contributed by atoms with Crippen molar-refractivity contribution in [3.8, 4) is 5.75 Å². The summed E-state index contributed by atoms with van der Waals surface area (Å²) in [6, 6.07) is 15.9. The zero-order valence-electron chi connectivity index (χ0n) is 21.3. The van der Waals surface area contributed by atoms with Crippen molar-refractivity contribution in [1.82, 2.24) is 5.32 Å². The second-order valence-electron chi connectivity index (χ2n) is 9.36. The van der Waals surface area contributed by atoms with Crippen LogP contribution in [0.25, 0.3) is 10.4 Å². The monoisotopic (exact) mass is 496 g/mol. The van der Waals surface area contributed by atoms with E-state index < -0.39 is 23.7 Å². The predicted molar refractivity (Wildman–Crippen MR) is 138 cm³/mol. The average molecular weight is 497 g/mol. The maximum atomic E-state index is 12.8. The Balaban J connectivity index is 1.90. The minimum absolute atomic E-state index is 0.116. The average Bonchev–Trinajstić information content (AvgIpc) is 2.84. The van der Waals surface area contributed by atoms with Crippen LogP contribution in [0.3, 0.4) is 0 Å². The number of nitrogens with one attached hydrogen (secondary N) is 1. The van der Waals surface area contributed by atoms with Crippen molar-refractivity contribution < 1.29 is 23.8 Å². The lowest BCUT2D eigenvalue weighted by atomic mass is 10.1. The SMILES string of the molecule is CC(C)(C)OC(=O)N[C@@H](Cc1ccc(OCCCCCCN=[N+]=[N-])cc1)C(=O)OCc1ccccc1. The van der Waals surface area contributed by atoms with Crippen molar-refractivity contribution in [1.29, 1.82) is 0 Å². The maximum Gasteiger partial charge on any atom is 0.408 e. The number of alkyl carbamates (subject to hydrolysis) is 1. The molecule has 1 N–H and O–H groups in total. The Labute approximate surface area is 212 Å². The van der Waals surface area contributed by atoms with Crippen molar-refractivity contribution >= 4 is 12.1 Å². The van der Waals surface area contributed by atoms with E-state index in [-0.39, 0.29) is 13.0 Å². The number of esters is 1. The number of ether oxygens (including phenoxy) is 3. The molecular formula is C27H36N4O5. The number of carbonyl (C=O) groups is 2. The summed E-state index contributed by atoms with van der Waals surface area (Å²) in [4.78, 5) is 27.9. The number of amides is 1. The van der Waals surface area contributed by atoms with Crippen LogP contribution >= 0.6 is 0 Å². The number of hydrogen-bond donors (Lipinski definition) is 1. The van der Waals surface area contributed by atoms with Gasteiger partial charge in [-0.3, -0.25) is 0 Å². The van der Waals surface area contributed by atoms with E-state index in [1.807, 2.05) is 54.6 Å². The number of benzene rings is 2. The molecule has 9 heteroatoms. The van der Waals surface area contributed by atoms with Gasteiger partial charge in [-0.2, -0.15) is 0 Å². The van der Waals surface area contributed by atoms with Gasteiger partial charge in [0.1, 0.15) is 24.0 Å². The van der Waals surface area contributed by atoms with Gasteiger partial charge in [0, 0.05) is 17.9 Å². The van der Waals surface area contributed by atoms with Gasteiger partial charge in [-0.15, -0.1) is 0 Å². The zero-order chi connectivity index (χ0) is 26.2. The molecule has 0 aliphatic rings. The molecule has 2 rings (SSSR count). The minimum atomic E-state index is -0.902. The number of hydrogen-bond acceptors (Lipinski definition) is 6. The standard InChI is InChI=1S/C27H36N4O5/c1-27(2,3)36-26(33)30-24(25(32)35-20-22-11-7-6-8-12-22)19-21-13-15-23(16-14-21)34-18-10-5-4-9-17-29-31-28/h6-8,11-16,24H,4-5,9-10,17-20H2,1-3H3,(H,30,33)/t24-/m0/s1. The first-order valence-electron chi connectivity index (χ1n) is 12.2. The summed E-state index contributed by atoms with van der Waals surface area (Å²) in [6.45, 7) is 6.52. The van der Waals surface area contributed by atoms with Crippen molar-refractivity contribution in [2.45, 2.75) is 71.1 Å². The quantitative estimate of drug-likeness (QED) is 0.111. The zero-order valence-corrected chi connectivity index (χ0v) is 21.3. The van der Waals surface area contributed by atoms with Gasteiger partial charge >= 0.3 is 12.1 Å². The normalized spacial score (nSPS) is 11.6. The molecule has 0 fully saturated rings. The first-order valence-corrected chi connectivity index (χ1v) is 12.2. The van der Waals surface area contributed by atoms with Gasteiger partial charge in [0.15, 0.2) is 0 Å². The summed E-state index contributed by atoms with van der Waals surface area (Å²) >= 11 is 0. The molecule has 36 heavy (non-hydrogen) atoms. The lowest BCUT2D eigenvalue weighted by molar-refractivity contribution is -0.147. The van der Waals surface area contributed by atoms with E-state index in [4.69, 9.17) is 19.7 Å². The first kappa shape index (κ1) is 28.5. The summed E-state index contributed by atoms with van der Waals surface area (Å²) in [6.07, 6.45) is 3.36. The highest BCUT2D eigenvalue weighted by Gasteiger charge is 2.26. The second kappa shape index (κ2) is 15.3. The molecule has 0 saturated carbocycles. The summed E-state index contributed by atoms with van der Waals surface area (Å²) in [5.41, 5.74) is 9.28. The largest absolute Gasteiger partial charge is 0.494 e. The second-order valence-corrected chi connectivity index (χ2v) is 9.36. The lowest BCUT2D eigenvalue weighted by Gasteiger charge is -2.23. The van der Waals surface area contributed by atoms with Crippen molar-refractivity contribution in [2.75, 3.05) is 13.2 Å². The molecule has 0 saturated heterocycles. The minimum Gasteiger partial charge on any atom is -0.494 e. The molecule has 0 spiro atoms. The molecule has 2 aromatic carbocycles. The maximum absolute atomic E-state index is 12.8. The smallest absolute Gasteiger partial charge is 0.408 e. The van der Waals surface area contributed by atoms with Gasteiger partial charge in [-0.1, -0.05) is 60.4 Å². The molecule has 1 amide bonds. The fraction of sp³-hybridized carbons (Fsp3) is 0.481. The van der Waals surface area contributed by atoms with E-state index >= 15 is 0 Å². The molecule has 2 aromatic rings. The molecule has 0 unspecified atom stereocenters. The number of rotatable bonds is 14. The van der Waals surface area contributed by atoms with Gasteiger partial charge in [-0.05, 0) is 62.4 Å². The van der Waals surface area contributed by atoms with Crippen LogP contribution in [-0.2, 0) is 27.3 Å². The Kier molecular flexibility index (Phi) is 12.1. The summed E-state index contributed by atoms with van der Waals surface area (Å²) in [5, 5.41) is 6.17. The predicted octanol–water partition coefficient (Wildman–Crippen LogP) is 6.12. The van der Waals surface area contributed by atoms with E-state index in [0.717, 1.165) is 42.6 Å². The molecule has 0 bridgehead atoms. The fourth-order valence-corrected chi connectivity index (χ4v) is 3.30. The van der Waals surface area contributed by atoms with E-state index in [0.29, 0.717) is 13.2 Å². The van der Waals surface area contributed by atoms with Gasteiger partial charge in [0.2, 0.25) is 0 Å². The summed E-state index contributed by atoms with van der Waals surface area (Å²) < 4.78 is 16.6. The van der Waals surface area contributed by atoms with Gasteiger partial charge < -0.3 is 19.5 Å². The molecule has 0 aromatic heterocycles. The highest BCUT2D eigenvalue weighted by molar-refractivity contribution is 5.81. The third kappa shape index (κ3) is 12.1. The van der Waals surface area contributed by atoms with Crippen LogP contribution < -0.4 is 10.1 Å². The number of unbranched alkanes of at least 4 members (excludes halogenated alkanes) is 3. The van der Waals surface area contributed by atoms with Crippen molar-refractivity contribution in [3.05, 3.63) is 76.2 Å². The van der Waals surface area contributed by atoms with Crippen LogP contribution in [0.2, 0.25) is 0 Å². The van der Waals surface area contributed by atoms with Gasteiger partial charge in [-0.25, -0.2) is 9.59 Å². The highest BCUT2D eigenvalue weighted by atomic mass is 16.6. The van der Waals surface area contributed by atoms with E-state index in [2.05, 4.69) is 15.3 Å². The Morgan fingerprint density at radius 2 is 1.67 bits per heavy atom. The van der Waals surface area contributed by atoms with Gasteiger partial charge in [0.05, 0.1) is 6.61 Å².